The minimum atomic E-state index is 0.628. The molecule has 2 heteroatoms. The van der Waals surface area contributed by atoms with Gasteiger partial charge in [-0.25, -0.2) is 0 Å². The number of hydrogen-bond acceptors (Lipinski definition) is 2. The van der Waals surface area contributed by atoms with Crippen molar-refractivity contribution >= 4 is 0 Å². The summed E-state index contributed by atoms with van der Waals surface area (Å²) in [6.45, 7) is 10.8. The smallest absolute Gasteiger partial charge is 0.0249 e. The fourth-order valence-corrected chi connectivity index (χ4v) is 3.63. The SMILES string of the molecule is CCNC1CCCC1N1CCC(C)(CC)CC1. The van der Waals surface area contributed by atoms with Crippen LogP contribution >= 0.6 is 0 Å². The standard InChI is InChI=1S/C15H30N2/c1-4-15(3)9-11-17(12-10-15)14-8-6-7-13(14)16-5-2/h13-14,16H,4-12H2,1-3H3. The molecular weight excluding hydrogens is 208 g/mol. The van der Waals surface area contributed by atoms with Crippen molar-refractivity contribution in [1.29, 1.82) is 0 Å². The van der Waals surface area contributed by atoms with Crippen molar-refractivity contribution in [3.8, 4) is 0 Å². The van der Waals surface area contributed by atoms with Crippen molar-refractivity contribution in [1.82, 2.24) is 10.2 Å². The van der Waals surface area contributed by atoms with Gasteiger partial charge < -0.3 is 5.32 Å². The molecule has 2 aliphatic rings. The molecule has 0 spiro atoms. The lowest BCUT2D eigenvalue weighted by atomic mass is 9.78. The first-order chi connectivity index (χ1) is 8.18. The lowest BCUT2D eigenvalue weighted by Gasteiger charge is -2.43. The summed E-state index contributed by atoms with van der Waals surface area (Å²) in [6, 6.07) is 1.60. The van der Waals surface area contributed by atoms with Crippen LogP contribution in [0.1, 0.15) is 59.3 Å². The molecule has 0 radical (unpaired) electrons. The summed E-state index contributed by atoms with van der Waals surface area (Å²) in [7, 11) is 0. The zero-order chi connectivity index (χ0) is 12.3. The fourth-order valence-electron chi connectivity index (χ4n) is 3.63. The highest BCUT2D eigenvalue weighted by Gasteiger charge is 2.36. The quantitative estimate of drug-likeness (QED) is 0.810. The van der Waals surface area contributed by atoms with Crippen molar-refractivity contribution in [2.75, 3.05) is 19.6 Å². The second-order valence-corrected chi connectivity index (χ2v) is 6.36. The van der Waals surface area contributed by atoms with Crippen LogP contribution in [0.3, 0.4) is 0 Å². The average Bonchev–Trinajstić information content (AvgIpc) is 2.79. The molecule has 100 valence electrons. The second kappa shape index (κ2) is 5.71. The first-order valence-electron chi connectivity index (χ1n) is 7.66. The number of hydrogen-bond donors (Lipinski definition) is 1. The van der Waals surface area contributed by atoms with Crippen molar-refractivity contribution in [3.63, 3.8) is 0 Å². The molecule has 1 aliphatic heterocycles. The van der Waals surface area contributed by atoms with Crippen molar-refractivity contribution < 1.29 is 0 Å². The highest BCUT2D eigenvalue weighted by molar-refractivity contribution is 4.93. The maximum absolute atomic E-state index is 3.68. The Hall–Kier alpha value is -0.0800. The van der Waals surface area contributed by atoms with E-state index >= 15 is 0 Å². The number of nitrogens with one attached hydrogen (secondary N) is 1. The van der Waals surface area contributed by atoms with E-state index in [-0.39, 0.29) is 0 Å². The summed E-state index contributed by atoms with van der Waals surface area (Å²) < 4.78 is 0. The summed E-state index contributed by atoms with van der Waals surface area (Å²) in [5.41, 5.74) is 0.628. The molecule has 2 unspecified atom stereocenters. The van der Waals surface area contributed by atoms with Crippen LogP contribution in [0, 0.1) is 5.41 Å². The van der Waals surface area contributed by atoms with Gasteiger partial charge in [-0.05, 0) is 50.7 Å². The van der Waals surface area contributed by atoms with E-state index in [1.54, 1.807) is 0 Å². The third-order valence-electron chi connectivity index (χ3n) is 5.27. The molecule has 1 saturated heterocycles. The minimum Gasteiger partial charge on any atom is -0.313 e. The molecule has 2 fully saturated rings. The third-order valence-corrected chi connectivity index (χ3v) is 5.27. The van der Waals surface area contributed by atoms with Crippen LogP contribution in [-0.4, -0.2) is 36.6 Å². The topological polar surface area (TPSA) is 15.3 Å². The van der Waals surface area contributed by atoms with E-state index < -0.39 is 0 Å². The first-order valence-corrected chi connectivity index (χ1v) is 7.66. The van der Waals surface area contributed by atoms with Gasteiger partial charge in [0.2, 0.25) is 0 Å². The van der Waals surface area contributed by atoms with Gasteiger partial charge in [0, 0.05) is 12.1 Å². The van der Waals surface area contributed by atoms with E-state index in [2.05, 4.69) is 31.0 Å². The Kier molecular flexibility index (Phi) is 4.48. The van der Waals surface area contributed by atoms with Crippen LogP contribution < -0.4 is 5.32 Å². The highest BCUT2D eigenvalue weighted by Crippen LogP contribution is 2.36. The Morgan fingerprint density at radius 1 is 1.18 bits per heavy atom. The molecule has 0 aromatic heterocycles. The van der Waals surface area contributed by atoms with Crippen LogP contribution in [0.2, 0.25) is 0 Å². The first kappa shape index (κ1) is 13.4. The molecule has 2 nitrogen and oxygen atoms in total. The molecule has 0 bridgehead atoms. The molecule has 2 rings (SSSR count). The van der Waals surface area contributed by atoms with Gasteiger partial charge in [0.25, 0.3) is 0 Å². The van der Waals surface area contributed by atoms with Gasteiger partial charge in [0.05, 0.1) is 0 Å². The second-order valence-electron chi connectivity index (χ2n) is 6.36. The lowest BCUT2D eigenvalue weighted by molar-refractivity contribution is 0.0726. The van der Waals surface area contributed by atoms with Gasteiger partial charge in [0.15, 0.2) is 0 Å². The number of rotatable bonds is 4. The van der Waals surface area contributed by atoms with Gasteiger partial charge in [-0.1, -0.05) is 33.6 Å². The van der Waals surface area contributed by atoms with Gasteiger partial charge in [-0.3, -0.25) is 4.90 Å². The molecule has 1 aliphatic carbocycles. The van der Waals surface area contributed by atoms with E-state index in [0.29, 0.717) is 5.41 Å². The summed E-state index contributed by atoms with van der Waals surface area (Å²) in [4.78, 5) is 2.78. The number of piperidine rings is 1. The zero-order valence-corrected chi connectivity index (χ0v) is 12.0. The summed E-state index contributed by atoms with van der Waals surface area (Å²) in [6.07, 6.45) is 8.38. The van der Waals surface area contributed by atoms with Crippen LogP contribution in [-0.2, 0) is 0 Å². The fraction of sp³-hybridized carbons (Fsp3) is 1.00. The monoisotopic (exact) mass is 238 g/mol. The maximum atomic E-state index is 3.68. The molecular formula is C15H30N2. The van der Waals surface area contributed by atoms with Crippen LogP contribution in [0.25, 0.3) is 0 Å². The Labute approximate surface area is 107 Å². The molecule has 0 amide bonds. The Morgan fingerprint density at radius 2 is 1.88 bits per heavy atom. The number of likely N-dealkylation sites (N-methyl/N-ethyl adjacent to an activating group) is 1. The maximum Gasteiger partial charge on any atom is 0.0249 e. The zero-order valence-electron chi connectivity index (χ0n) is 12.0. The van der Waals surface area contributed by atoms with Gasteiger partial charge in [-0.2, -0.15) is 0 Å². The largest absolute Gasteiger partial charge is 0.313 e. The van der Waals surface area contributed by atoms with E-state index in [0.717, 1.165) is 18.6 Å². The normalized spacial score (nSPS) is 34.1. The Bertz CT molecular complexity index is 231. The Balaban J connectivity index is 1.87. The van der Waals surface area contributed by atoms with E-state index in [4.69, 9.17) is 0 Å². The van der Waals surface area contributed by atoms with Gasteiger partial charge >= 0.3 is 0 Å². The van der Waals surface area contributed by atoms with E-state index in [1.165, 1.54) is 51.6 Å². The third kappa shape index (κ3) is 3.03. The predicted octanol–water partition coefficient (Wildman–Crippen LogP) is 3.03. The van der Waals surface area contributed by atoms with Gasteiger partial charge in [-0.15, -0.1) is 0 Å². The molecule has 17 heavy (non-hydrogen) atoms. The molecule has 1 heterocycles. The molecule has 1 N–H and O–H groups in total. The van der Waals surface area contributed by atoms with Crippen molar-refractivity contribution in [3.05, 3.63) is 0 Å². The lowest BCUT2D eigenvalue weighted by Crippen LogP contribution is -2.51. The molecule has 1 saturated carbocycles. The number of likely N-dealkylation sites (tertiary alicyclic amines) is 1. The van der Waals surface area contributed by atoms with Crippen LogP contribution in [0.5, 0.6) is 0 Å². The van der Waals surface area contributed by atoms with Crippen LogP contribution in [0.15, 0.2) is 0 Å². The van der Waals surface area contributed by atoms with Gasteiger partial charge in [0.1, 0.15) is 0 Å². The molecule has 2 atom stereocenters. The Morgan fingerprint density at radius 3 is 2.47 bits per heavy atom. The van der Waals surface area contributed by atoms with E-state index in [1.807, 2.05) is 0 Å². The van der Waals surface area contributed by atoms with Crippen molar-refractivity contribution in [2.24, 2.45) is 5.41 Å². The minimum absolute atomic E-state index is 0.628. The molecule has 0 aromatic carbocycles. The molecule has 0 aromatic rings. The summed E-state index contributed by atoms with van der Waals surface area (Å²) >= 11 is 0. The van der Waals surface area contributed by atoms with E-state index in [9.17, 15) is 0 Å². The number of nitrogens with zero attached hydrogens (tertiary/aromatic N) is 1. The highest BCUT2D eigenvalue weighted by atomic mass is 15.2. The summed E-state index contributed by atoms with van der Waals surface area (Å²) in [5.74, 6) is 0. The summed E-state index contributed by atoms with van der Waals surface area (Å²) in [5, 5.41) is 3.68. The van der Waals surface area contributed by atoms with Crippen molar-refractivity contribution in [2.45, 2.75) is 71.4 Å². The van der Waals surface area contributed by atoms with Crippen LogP contribution in [0.4, 0.5) is 0 Å². The average molecular weight is 238 g/mol. The predicted molar refractivity (Wildman–Crippen MR) is 74.3 cm³/mol.